The van der Waals surface area contributed by atoms with E-state index in [2.05, 4.69) is 15.6 Å². The predicted octanol–water partition coefficient (Wildman–Crippen LogP) is 5.46. The van der Waals surface area contributed by atoms with E-state index in [0.29, 0.717) is 29.7 Å². The van der Waals surface area contributed by atoms with Gasteiger partial charge in [0.25, 0.3) is 0 Å². The molecular weight excluding hydrogens is 476 g/mol. The molecule has 0 bridgehead atoms. The van der Waals surface area contributed by atoms with Crippen molar-refractivity contribution >= 4 is 34.5 Å². The molecule has 1 aliphatic rings. The summed E-state index contributed by atoms with van der Waals surface area (Å²) >= 11 is 6.08. The topological polar surface area (TPSA) is 95.2 Å². The van der Waals surface area contributed by atoms with E-state index >= 15 is 0 Å². The third kappa shape index (κ3) is 5.39. The maximum atomic E-state index is 12.4. The number of aromatic nitrogens is 3. The van der Waals surface area contributed by atoms with Crippen LogP contribution in [0.3, 0.4) is 0 Å². The number of nitrogens with zero attached hydrogens (tertiary/aromatic N) is 3. The molecule has 1 aliphatic heterocycles. The van der Waals surface area contributed by atoms with E-state index in [4.69, 9.17) is 26.3 Å². The molecule has 4 aromatic rings. The summed E-state index contributed by atoms with van der Waals surface area (Å²) in [5, 5.41) is 7.79. The number of ether oxygens (including phenoxy) is 1. The lowest BCUT2D eigenvalue weighted by Crippen LogP contribution is -2.50. The quantitative estimate of drug-likeness (QED) is 0.310. The average Bonchev–Trinajstić information content (AvgIpc) is 3.34. The summed E-state index contributed by atoms with van der Waals surface area (Å²) in [5.41, 5.74) is 2.53. The van der Waals surface area contributed by atoms with E-state index in [1.54, 1.807) is 13.1 Å². The summed E-state index contributed by atoms with van der Waals surface area (Å²) < 4.78 is 5.93. The molecule has 36 heavy (non-hydrogen) atoms. The third-order valence-electron chi connectivity index (χ3n) is 6.37. The van der Waals surface area contributed by atoms with Crippen LogP contribution in [0.4, 0.5) is 10.6 Å². The van der Waals surface area contributed by atoms with Gasteiger partial charge in [-0.2, -0.15) is 0 Å². The fraction of sp³-hybridized carbons (Fsp3) is 0.296. The normalized spacial score (nSPS) is 15.6. The van der Waals surface area contributed by atoms with Gasteiger partial charge in [0.15, 0.2) is 5.82 Å². The number of amides is 2. The van der Waals surface area contributed by atoms with Crippen LogP contribution in [-0.2, 0) is 6.61 Å². The number of carbonyl (C=O) groups excluding carboxylic acids is 1. The Balaban J connectivity index is 1.43. The van der Waals surface area contributed by atoms with Gasteiger partial charge in [-0.15, -0.1) is 0 Å². The third-order valence-corrected chi connectivity index (χ3v) is 6.61. The van der Waals surface area contributed by atoms with Crippen molar-refractivity contribution in [3.63, 3.8) is 0 Å². The number of urea groups is 1. The maximum Gasteiger partial charge on any atom is 0.317 e. The van der Waals surface area contributed by atoms with Crippen molar-refractivity contribution in [2.45, 2.75) is 31.9 Å². The van der Waals surface area contributed by atoms with Crippen molar-refractivity contribution < 1.29 is 9.53 Å². The van der Waals surface area contributed by atoms with Crippen molar-refractivity contribution in [3.05, 3.63) is 71.4 Å². The SMILES string of the molecule is CNC(=O)N1CCCCC1CNc1nc(-c2ccccc2)nc2[nH]c(COc3cccc(Cl)c3)cc12. The molecular formula is C27H29ClN6O2. The maximum absolute atomic E-state index is 12.4. The van der Waals surface area contributed by atoms with Crippen molar-refractivity contribution in [2.75, 3.05) is 25.5 Å². The van der Waals surface area contributed by atoms with E-state index in [-0.39, 0.29) is 12.1 Å². The molecule has 1 unspecified atom stereocenters. The summed E-state index contributed by atoms with van der Waals surface area (Å²) in [7, 11) is 1.67. The molecule has 9 heteroatoms. The van der Waals surface area contributed by atoms with Gasteiger partial charge < -0.3 is 25.3 Å². The number of hydrogen-bond acceptors (Lipinski definition) is 5. The smallest absolute Gasteiger partial charge is 0.317 e. The van der Waals surface area contributed by atoms with Crippen LogP contribution in [0.15, 0.2) is 60.7 Å². The van der Waals surface area contributed by atoms with Gasteiger partial charge >= 0.3 is 6.03 Å². The number of hydrogen-bond donors (Lipinski definition) is 3. The highest BCUT2D eigenvalue weighted by molar-refractivity contribution is 6.30. The van der Waals surface area contributed by atoms with Crippen LogP contribution < -0.4 is 15.4 Å². The van der Waals surface area contributed by atoms with Crippen molar-refractivity contribution in [1.29, 1.82) is 0 Å². The largest absolute Gasteiger partial charge is 0.487 e. The standard InChI is InChI=1S/C27H29ClN6O2/c1-29-27(35)34-13-6-5-11-21(34)16-30-25-23-15-20(17-36-22-12-7-10-19(28)14-22)31-26(23)33-24(32-25)18-8-3-2-4-9-18/h2-4,7-10,12,14-15,21H,5-6,11,13,16-17H2,1H3,(H,29,35)(H2,30,31,32,33). The second kappa shape index (κ2) is 10.9. The van der Waals surface area contributed by atoms with Crippen LogP contribution in [0, 0.1) is 0 Å². The number of aromatic amines is 1. The number of halogens is 1. The van der Waals surface area contributed by atoms with Crippen LogP contribution in [-0.4, -0.2) is 52.1 Å². The van der Waals surface area contributed by atoms with Crippen molar-refractivity contribution in [2.24, 2.45) is 0 Å². The van der Waals surface area contributed by atoms with Crippen LogP contribution >= 0.6 is 11.6 Å². The molecule has 2 aromatic carbocycles. The van der Waals surface area contributed by atoms with Gasteiger partial charge in [-0.05, 0) is 43.5 Å². The first-order valence-electron chi connectivity index (χ1n) is 12.2. The second-order valence-corrected chi connectivity index (χ2v) is 9.28. The number of anilines is 1. The molecule has 2 amide bonds. The fourth-order valence-electron chi connectivity index (χ4n) is 4.55. The summed E-state index contributed by atoms with van der Waals surface area (Å²) in [5.74, 6) is 2.05. The molecule has 2 aromatic heterocycles. The lowest BCUT2D eigenvalue weighted by atomic mass is 10.0. The summed E-state index contributed by atoms with van der Waals surface area (Å²) in [6.07, 6.45) is 3.07. The monoisotopic (exact) mass is 504 g/mol. The molecule has 1 atom stereocenters. The van der Waals surface area contributed by atoms with Gasteiger partial charge in [0, 0.05) is 30.7 Å². The van der Waals surface area contributed by atoms with Gasteiger partial charge in [0.1, 0.15) is 23.8 Å². The summed E-state index contributed by atoms with van der Waals surface area (Å²) in [4.78, 5) is 27.3. The highest BCUT2D eigenvalue weighted by Gasteiger charge is 2.26. The molecule has 0 spiro atoms. The molecule has 186 valence electrons. The first-order valence-corrected chi connectivity index (χ1v) is 12.5. The van der Waals surface area contributed by atoms with Gasteiger partial charge in [0.05, 0.1) is 17.1 Å². The Labute approximate surface area is 215 Å². The number of rotatable bonds is 7. The van der Waals surface area contributed by atoms with E-state index < -0.39 is 0 Å². The molecule has 1 saturated heterocycles. The van der Waals surface area contributed by atoms with Gasteiger partial charge in [-0.25, -0.2) is 14.8 Å². The Hall–Kier alpha value is -3.78. The van der Waals surface area contributed by atoms with E-state index in [0.717, 1.165) is 53.9 Å². The second-order valence-electron chi connectivity index (χ2n) is 8.84. The molecule has 3 N–H and O–H groups in total. The van der Waals surface area contributed by atoms with E-state index in [9.17, 15) is 4.79 Å². The lowest BCUT2D eigenvalue weighted by Gasteiger charge is -2.35. The molecule has 8 nitrogen and oxygen atoms in total. The van der Waals surface area contributed by atoms with Crippen LogP contribution in [0.25, 0.3) is 22.4 Å². The number of benzene rings is 2. The molecule has 3 heterocycles. The highest BCUT2D eigenvalue weighted by atomic mass is 35.5. The number of carbonyl (C=O) groups is 1. The molecule has 0 aliphatic carbocycles. The Kier molecular flexibility index (Phi) is 7.23. The average molecular weight is 505 g/mol. The molecule has 0 radical (unpaired) electrons. The van der Waals surface area contributed by atoms with Gasteiger partial charge in [0.2, 0.25) is 0 Å². The van der Waals surface area contributed by atoms with E-state index in [1.165, 1.54) is 0 Å². The predicted molar refractivity (Wildman–Crippen MR) is 142 cm³/mol. The van der Waals surface area contributed by atoms with Gasteiger partial charge in [-0.3, -0.25) is 0 Å². The number of nitrogens with one attached hydrogen (secondary N) is 3. The Morgan fingerprint density at radius 1 is 1.14 bits per heavy atom. The molecule has 5 rings (SSSR count). The summed E-state index contributed by atoms with van der Waals surface area (Å²) in [6, 6.07) is 19.3. The lowest BCUT2D eigenvalue weighted by molar-refractivity contribution is 0.157. The minimum absolute atomic E-state index is 0.0404. The summed E-state index contributed by atoms with van der Waals surface area (Å²) in [6.45, 7) is 1.70. The number of likely N-dealkylation sites (tertiary alicyclic amines) is 1. The minimum Gasteiger partial charge on any atom is -0.487 e. The number of H-pyrrole nitrogens is 1. The van der Waals surface area contributed by atoms with Gasteiger partial charge in [-0.1, -0.05) is 48.0 Å². The van der Waals surface area contributed by atoms with Crippen molar-refractivity contribution in [3.8, 4) is 17.1 Å². The first-order chi connectivity index (χ1) is 17.6. The van der Waals surface area contributed by atoms with Crippen LogP contribution in [0.1, 0.15) is 25.0 Å². The zero-order valence-corrected chi connectivity index (χ0v) is 20.9. The minimum atomic E-state index is -0.0404. The zero-order valence-electron chi connectivity index (χ0n) is 20.1. The fourth-order valence-corrected chi connectivity index (χ4v) is 4.73. The number of fused-ring (bicyclic) bond motifs is 1. The van der Waals surface area contributed by atoms with Crippen molar-refractivity contribution in [1.82, 2.24) is 25.2 Å². The Bertz CT molecular complexity index is 1340. The molecule has 0 saturated carbocycles. The number of piperidine rings is 1. The zero-order chi connectivity index (χ0) is 24.9. The van der Waals surface area contributed by atoms with Crippen LogP contribution in [0.2, 0.25) is 5.02 Å². The highest BCUT2D eigenvalue weighted by Crippen LogP contribution is 2.27. The Morgan fingerprint density at radius 3 is 2.81 bits per heavy atom. The molecule has 1 fully saturated rings. The first kappa shape index (κ1) is 23.9. The van der Waals surface area contributed by atoms with E-state index in [1.807, 2.05) is 59.5 Å². The Morgan fingerprint density at radius 2 is 2.00 bits per heavy atom. The van der Waals surface area contributed by atoms with Crippen LogP contribution in [0.5, 0.6) is 5.75 Å².